The number of nitrogens with zero attached hydrogens (tertiary/aromatic N) is 1. The first kappa shape index (κ1) is 16.0. The smallest absolute Gasteiger partial charge is 0.277 e. The van der Waals surface area contributed by atoms with Crippen molar-refractivity contribution in [1.82, 2.24) is 10.2 Å². The third-order valence-electron chi connectivity index (χ3n) is 4.10. The number of urea groups is 1. The van der Waals surface area contributed by atoms with Crippen LogP contribution in [0, 0.1) is 5.41 Å². The molecule has 2 rings (SSSR count). The Morgan fingerprint density at radius 2 is 1.90 bits per heavy atom. The van der Waals surface area contributed by atoms with Crippen molar-refractivity contribution in [2.24, 2.45) is 5.41 Å². The van der Waals surface area contributed by atoms with Crippen molar-refractivity contribution in [2.45, 2.75) is 39.7 Å². The Kier molecular flexibility index (Phi) is 4.39. The minimum Gasteiger partial charge on any atom is -0.277 e. The number of hydrogen-bond acceptors (Lipinski definition) is 4. The molecule has 1 aliphatic rings. The van der Waals surface area contributed by atoms with E-state index in [4.69, 9.17) is 11.6 Å². The number of barbiturate groups is 1. The van der Waals surface area contributed by atoms with Crippen LogP contribution in [0.15, 0.2) is 12.1 Å². The Bertz CT molecular complexity index is 595. The number of rotatable bonds is 4. The van der Waals surface area contributed by atoms with Crippen molar-refractivity contribution < 1.29 is 14.4 Å². The van der Waals surface area contributed by atoms with Crippen LogP contribution >= 0.6 is 22.9 Å². The second-order valence-electron chi connectivity index (χ2n) is 5.04. The minimum absolute atomic E-state index is 0.357. The van der Waals surface area contributed by atoms with Crippen LogP contribution in [0.25, 0.3) is 0 Å². The summed E-state index contributed by atoms with van der Waals surface area (Å²) in [5.74, 6) is -0.937. The average Bonchev–Trinajstić information content (AvgIpc) is 2.86. The van der Waals surface area contributed by atoms with Crippen LogP contribution < -0.4 is 5.32 Å². The molecule has 0 radical (unpaired) electrons. The summed E-state index contributed by atoms with van der Waals surface area (Å²) in [6, 6.07) is 2.39. The number of halogens is 1. The number of imide groups is 2. The van der Waals surface area contributed by atoms with Gasteiger partial charge in [-0.25, -0.2) is 4.79 Å². The van der Waals surface area contributed by atoms with Crippen LogP contribution in [-0.2, 0) is 9.59 Å². The van der Waals surface area contributed by atoms with Gasteiger partial charge in [-0.1, -0.05) is 25.4 Å². The number of amides is 4. The quantitative estimate of drug-likeness (QED) is 0.862. The highest BCUT2D eigenvalue weighted by molar-refractivity contribution is 7.16. The van der Waals surface area contributed by atoms with E-state index in [9.17, 15) is 14.4 Å². The summed E-state index contributed by atoms with van der Waals surface area (Å²) in [7, 11) is 0. The average molecular weight is 329 g/mol. The first-order valence-corrected chi connectivity index (χ1v) is 8.01. The van der Waals surface area contributed by atoms with Crippen LogP contribution in [0.1, 0.15) is 44.5 Å². The van der Waals surface area contributed by atoms with E-state index in [0.717, 1.165) is 9.78 Å². The van der Waals surface area contributed by atoms with Gasteiger partial charge in [0.05, 0.1) is 10.4 Å². The molecule has 1 aromatic heterocycles. The maximum Gasteiger partial charge on any atom is 0.331 e. The van der Waals surface area contributed by atoms with Crippen molar-refractivity contribution in [1.29, 1.82) is 0 Å². The summed E-state index contributed by atoms with van der Waals surface area (Å²) in [4.78, 5) is 38.9. The molecule has 1 atom stereocenters. The molecule has 2 heterocycles. The highest BCUT2D eigenvalue weighted by Crippen LogP contribution is 2.38. The Morgan fingerprint density at radius 3 is 2.38 bits per heavy atom. The van der Waals surface area contributed by atoms with E-state index < -0.39 is 29.3 Å². The number of thiophene rings is 1. The molecule has 1 fully saturated rings. The maximum absolute atomic E-state index is 12.8. The van der Waals surface area contributed by atoms with Gasteiger partial charge in [0.25, 0.3) is 0 Å². The van der Waals surface area contributed by atoms with E-state index in [2.05, 4.69) is 5.32 Å². The summed E-state index contributed by atoms with van der Waals surface area (Å²) in [6.45, 7) is 5.31. The summed E-state index contributed by atoms with van der Waals surface area (Å²) in [6.07, 6.45) is 0.714. The van der Waals surface area contributed by atoms with Crippen molar-refractivity contribution in [2.75, 3.05) is 0 Å². The van der Waals surface area contributed by atoms with Gasteiger partial charge in [-0.2, -0.15) is 0 Å². The molecule has 7 heteroatoms. The topological polar surface area (TPSA) is 66.5 Å². The largest absolute Gasteiger partial charge is 0.331 e. The van der Waals surface area contributed by atoms with Crippen molar-refractivity contribution in [3.05, 3.63) is 21.3 Å². The lowest BCUT2D eigenvalue weighted by atomic mass is 9.78. The van der Waals surface area contributed by atoms with E-state index in [1.165, 1.54) is 11.3 Å². The third kappa shape index (κ3) is 2.46. The highest BCUT2D eigenvalue weighted by atomic mass is 35.5. The van der Waals surface area contributed by atoms with E-state index in [-0.39, 0.29) is 0 Å². The van der Waals surface area contributed by atoms with Crippen molar-refractivity contribution in [3.63, 3.8) is 0 Å². The summed E-state index contributed by atoms with van der Waals surface area (Å²) >= 11 is 7.23. The normalized spacial score (nSPS) is 19.6. The molecule has 0 bridgehead atoms. The zero-order valence-electron chi connectivity index (χ0n) is 12.1. The molecule has 1 aliphatic heterocycles. The van der Waals surface area contributed by atoms with Gasteiger partial charge in [-0.15, -0.1) is 11.3 Å². The van der Waals surface area contributed by atoms with Crippen molar-refractivity contribution >= 4 is 40.8 Å². The molecule has 21 heavy (non-hydrogen) atoms. The molecule has 0 saturated carbocycles. The van der Waals surface area contributed by atoms with E-state index >= 15 is 0 Å². The molecule has 114 valence electrons. The molecule has 0 spiro atoms. The molecule has 1 saturated heterocycles. The van der Waals surface area contributed by atoms with E-state index in [1.807, 2.05) is 0 Å². The zero-order chi connectivity index (χ0) is 15.8. The first-order valence-electron chi connectivity index (χ1n) is 6.81. The number of carbonyl (C=O) groups is 3. The molecule has 0 aromatic carbocycles. The Morgan fingerprint density at radius 1 is 1.29 bits per heavy atom. The van der Waals surface area contributed by atoms with Gasteiger partial charge < -0.3 is 0 Å². The fourth-order valence-electron chi connectivity index (χ4n) is 2.60. The predicted molar refractivity (Wildman–Crippen MR) is 81.1 cm³/mol. The fraction of sp³-hybridized carbons (Fsp3) is 0.500. The second kappa shape index (κ2) is 5.77. The number of hydrogen-bond donors (Lipinski definition) is 1. The number of nitrogens with one attached hydrogen (secondary N) is 1. The summed E-state index contributed by atoms with van der Waals surface area (Å²) in [5, 5.41) is 2.31. The molecule has 0 aliphatic carbocycles. The summed E-state index contributed by atoms with van der Waals surface area (Å²) < 4.78 is 0.593. The van der Waals surface area contributed by atoms with Gasteiger partial charge in [-0.05, 0) is 31.9 Å². The van der Waals surface area contributed by atoms with Crippen LogP contribution in [0.4, 0.5) is 4.79 Å². The lowest BCUT2D eigenvalue weighted by molar-refractivity contribution is -0.153. The van der Waals surface area contributed by atoms with Gasteiger partial charge in [0, 0.05) is 4.88 Å². The number of carbonyl (C=O) groups excluding carboxylic acids is 3. The molecule has 1 N–H and O–H groups in total. The Labute approximate surface area is 132 Å². The molecular weight excluding hydrogens is 312 g/mol. The second-order valence-corrected chi connectivity index (χ2v) is 6.79. The van der Waals surface area contributed by atoms with Gasteiger partial charge in [-0.3, -0.25) is 19.8 Å². The molecule has 4 amide bonds. The third-order valence-corrected chi connectivity index (χ3v) is 5.50. The molecule has 1 aromatic rings. The van der Waals surface area contributed by atoms with Crippen LogP contribution in [0.2, 0.25) is 4.34 Å². The lowest BCUT2D eigenvalue weighted by Gasteiger charge is -2.40. The molecule has 1 unspecified atom stereocenters. The minimum atomic E-state index is -1.16. The monoisotopic (exact) mass is 328 g/mol. The van der Waals surface area contributed by atoms with Crippen LogP contribution in [0.3, 0.4) is 0 Å². The lowest BCUT2D eigenvalue weighted by Crippen LogP contribution is -2.63. The van der Waals surface area contributed by atoms with Gasteiger partial charge in [0.1, 0.15) is 5.41 Å². The van der Waals surface area contributed by atoms with E-state index in [1.54, 1.807) is 32.9 Å². The standard InChI is InChI=1S/C14H17ClN2O3S/c1-4-14(5-2)11(18)16-13(20)17(12(14)19)8(3)9-6-7-10(15)21-9/h6-8H,4-5H2,1-3H3,(H,16,18,20). The van der Waals surface area contributed by atoms with E-state index in [0.29, 0.717) is 17.2 Å². The van der Waals surface area contributed by atoms with Crippen LogP contribution in [0.5, 0.6) is 0 Å². The first-order chi connectivity index (χ1) is 9.87. The Balaban J connectivity index is 2.40. The predicted octanol–water partition coefficient (Wildman–Crippen LogP) is 3.35. The van der Waals surface area contributed by atoms with Gasteiger partial charge >= 0.3 is 6.03 Å². The Hall–Kier alpha value is -1.40. The SMILES string of the molecule is CCC1(CC)C(=O)NC(=O)N(C(C)c2ccc(Cl)s2)C1=O. The zero-order valence-corrected chi connectivity index (χ0v) is 13.7. The maximum atomic E-state index is 12.8. The highest BCUT2D eigenvalue weighted by Gasteiger charge is 2.52. The van der Waals surface area contributed by atoms with Gasteiger partial charge in [0.15, 0.2) is 0 Å². The van der Waals surface area contributed by atoms with Gasteiger partial charge in [0.2, 0.25) is 11.8 Å². The fourth-order valence-corrected chi connectivity index (χ4v) is 3.71. The summed E-state index contributed by atoms with van der Waals surface area (Å²) in [5.41, 5.74) is -1.16. The van der Waals surface area contributed by atoms with Crippen molar-refractivity contribution in [3.8, 4) is 0 Å². The van der Waals surface area contributed by atoms with Crippen LogP contribution in [-0.4, -0.2) is 22.7 Å². The molecule has 5 nitrogen and oxygen atoms in total. The molecular formula is C14H17ClN2O3S.